The standard InChI is InChI=1S/C17H23N3O3S/c1-10-15(22)18-12-8-11(6-7-13(12)24-10)16(23)20(5)9-14(21)19-17(2,3)4/h6-8,10H,9H2,1-5H3,(H,18,22)(H,19,21). The summed E-state index contributed by atoms with van der Waals surface area (Å²) < 4.78 is 0. The first kappa shape index (κ1) is 18.3. The van der Waals surface area contributed by atoms with E-state index in [1.54, 1.807) is 19.2 Å². The zero-order valence-corrected chi connectivity index (χ0v) is 15.4. The number of likely N-dealkylation sites (N-methyl/N-ethyl adjacent to an activating group) is 1. The van der Waals surface area contributed by atoms with E-state index in [1.807, 2.05) is 33.8 Å². The molecule has 7 heteroatoms. The Kier molecular flexibility index (Phi) is 5.22. The van der Waals surface area contributed by atoms with Gasteiger partial charge in [0.2, 0.25) is 11.8 Å². The summed E-state index contributed by atoms with van der Waals surface area (Å²) in [6.45, 7) is 7.47. The molecule has 0 aromatic heterocycles. The topological polar surface area (TPSA) is 78.5 Å². The fourth-order valence-electron chi connectivity index (χ4n) is 2.31. The summed E-state index contributed by atoms with van der Waals surface area (Å²) in [5.74, 6) is -0.552. The van der Waals surface area contributed by atoms with E-state index in [0.29, 0.717) is 11.3 Å². The van der Waals surface area contributed by atoms with Crippen molar-refractivity contribution < 1.29 is 14.4 Å². The second kappa shape index (κ2) is 6.84. The summed E-state index contributed by atoms with van der Waals surface area (Å²) in [7, 11) is 1.58. The highest BCUT2D eigenvalue weighted by Crippen LogP contribution is 2.36. The van der Waals surface area contributed by atoms with Crippen LogP contribution >= 0.6 is 11.8 Å². The van der Waals surface area contributed by atoms with Gasteiger partial charge in [-0.2, -0.15) is 0 Å². The van der Waals surface area contributed by atoms with Crippen LogP contribution in [0.3, 0.4) is 0 Å². The first-order chi connectivity index (χ1) is 11.1. The molecule has 3 amide bonds. The number of carbonyl (C=O) groups is 3. The minimum absolute atomic E-state index is 0.0225. The van der Waals surface area contributed by atoms with Gasteiger partial charge in [-0.05, 0) is 45.9 Å². The number of fused-ring (bicyclic) bond motifs is 1. The molecule has 130 valence electrons. The van der Waals surface area contributed by atoms with Gasteiger partial charge in [-0.3, -0.25) is 14.4 Å². The van der Waals surface area contributed by atoms with Crippen molar-refractivity contribution in [1.29, 1.82) is 0 Å². The molecule has 6 nitrogen and oxygen atoms in total. The molecule has 2 rings (SSSR count). The molecule has 1 heterocycles. The minimum atomic E-state index is -0.342. The van der Waals surface area contributed by atoms with Crippen LogP contribution in [0.4, 0.5) is 5.69 Å². The third-order valence-electron chi connectivity index (χ3n) is 3.40. The van der Waals surface area contributed by atoms with E-state index >= 15 is 0 Å². The quantitative estimate of drug-likeness (QED) is 0.876. The Morgan fingerprint density at radius 3 is 2.62 bits per heavy atom. The Hall–Kier alpha value is -2.02. The molecule has 0 aliphatic carbocycles. The van der Waals surface area contributed by atoms with Crippen molar-refractivity contribution in [2.75, 3.05) is 18.9 Å². The number of rotatable bonds is 3. The fourth-order valence-corrected chi connectivity index (χ4v) is 3.24. The van der Waals surface area contributed by atoms with Gasteiger partial charge in [-0.15, -0.1) is 11.8 Å². The van der Waals surface area contributed by atoms with Gasteiger partial charge >= 0.3 is 0 Å². The predicted octanol–water partition coefficient (Wildman–Crippen LogP) is 2.11. The van der Waals surface area contributed by atoms with Gasteiger partial charge in [0.25, 0.3) is 5.91 Å². The first-order valence-electron chi connectivity index (χ1n) is 7.75. The van der Waals surface area contributed by atoms with Crippen molar-refractivity contribution in [2.45, 2.75) is 43.4 Å². The molecule has 0 saturated carbocycles. The smallest absolute Gasteiger partial charge is 0.254 e. The maximum Gasteiger partial charge on any atom is 0.254 e. The van der Waals surface area contributed by atoms with E-state index in [1.165, 1.54) is 16.7 Å². The van der Waals surface area contributed by atoms with E-state index in [9.17, 15) is 14.4 Å². The monoisotopic (exact) mass is 349 g/mol. The molecule has 1 aliphatic heterocycles. The van der Waals surface area contributed by atoms with Crippen LogP contribution in [0.2, 0.25) is 0 Å². The number of benzene rings is 1. The summed E-state index contributed by atoms with van der Waals surface area (Å²) in [5.41, 5.74) is 0.738. The summed E-state index contributed by atoms with van der Waals surface area (Å²) >= 11 is 1.46. The Labute approximate surface area is 146 Å². The third kappa shape index (κ3) is 4.50. The van der Waals surface area contributed by atoms with Crippen LogP contribution in [-0.4, -0.2) is 47.0 Å². The van der Waals surface area contributed by atoms with Crippen molar-refractivity contribution in [2.24, 2.45) is 0 Å². The second-order valence-electron chi connectivity index (χ2n) is 6.92. The number of nitrogens with one attached hydrogen (secondary N) is 2. The highest BCUT2D eigenvalue weighted by Gasteiger charge is 2.25. The molecule has 24 heavy (non-hydrogen) atoms. The average Bonchev–Trinajstić information content (AvgIpc) is 2.45. The highest BCUT2D eigenvalue weighted by molar-refractivity contribution is 8.00. The van der Waals surface area contributed by atoms with E-state index in [4.69, 9.17) is 0 Å². The second-order valence-corrected chi connectivity index (χ2v) is 8.30. The normalized spacial score (nSPS) is 16.9. The van der Waals surface area contributed by atoms with Gasteiger partial charge < -0.3 is 15.5 Å². The van der Waals surface area contributed by atoms with Crippen molar-refractivity contribution in [3.8, 4) is 0 Å². The van der Waals surface area contributed by atoms with Gasteiger partial charge in [0, 0.05) is 23.0 Å². The molecular weight excluding hydrogens is 326 g/mol. The molecule has 1 aromatic rings. The van der Waals surface area contributed by atoms with E-state index in [-0.39, 0.29) is 35.1 Å². The summed E-state index contributed by atoms with van der Waals surface area (Å²) in [5, 5.41) is 5.48. The molecule has 1 atom stereocenters. The molecule has 1 aromatic carbocycles. The number of hydrogen-bond donors (Lipinski definition) is 2. The number of thioether (sulfide) groups is 1. The van der Waals surface area contributed by atoms with Crippen molar-refractivity contribution in [1.82, 2.24) is 10.2 Å². The fraction of sp³-hybridized carbons (Fsp3) is 0.471. The van der Waals surface area contributed by atoms with Crippen LogP contribution in [0, 0.1) is 0 Å². The van der Waals surface area contributed by atoms with E-state index in [2.05, 4.69) is 10.6 Å². The van der Waals surface area contributed by atoms with Crippen molar-refractivity contribution in [3.05, 3.63) is 23.8 Å². The molecule has 0 fully saturated rings. The van der Waals surface area contributed by atoms with Gasteiger partial charge in [0.1, 0.15) is 0 Å². The molecule has 1 unspecified atom stereocenters. The van der Waals surface area contributed by atoms with Crippen LogP contribution in [0.1, 0.15) is 38.1 Å². The van der Waals surface area contributed by atoms with E-state index < -0.39 is 0 Å². The number of hydrogen-bond acceptors (Lipinski definition) is 4. The number of nitrogens with zero attached hydrogens (tertiary/aromatic N) is 1. The Morgan fingerprint density at radius 1 is 1.33 bits per heavy atom. The van der Waals surface area contributed by atoms with Crippen molar-refractivity contribution in [3.63, 3.8) is 0 Å². The Bertz CT molecular complexity index is 682. The van der Waals surface area contributed by atoms with Crippen LogP contribution in [0.15, 0.2) is 23.1 Å². The summed E-state index contributed by atoms with van der Waals surface area (Å²) in [6, 6.07) is 5.20. The lowest BCUT2D eigenvalue weighted by Gasteiger charge is -2.24. The highest BCUT2D eigenvalue weighted by atomic mass is 32.2. The molecule has 0 bridgehead atoms. The zero-order valence-electron chi connectivity index (χ0n) is 14.6. The van der Waals surface area contributed by atoms with Gasteiger partial charge in [-0.25, -0.2) is 0 Å². The molecule has 0 spiro atoms. The molecule has 1 aliphatic rings. The Morgan fingerprint density at radius 2 is 2.00 bits per heavy atom. The lowest BCUT2D eigenvalue weighted by atomic mass is 10.1. The molecule has 0 saturated heterocycles. The maximum absolute atomic E-state index is 12.5. The molecule has 0 radical (unpaired) electrons. The van der Waals surface area contributed by atoms with Crippen LogP contribution in [0.25, 0.3) is 0 Å². The maximum atomic E-state index is 12.5. The van der Waals surface area contributed by atoms with Crippen molar-refractivity contribution >= 4 is 35.2 Å². The Balaban J connectivity index is 2.09. The SMILES string of the molecule is CC1Sc2ccc(C(=O)N(C)CC(=O)NC(C)(C)C)cc2NC1=O. The largest absolute Gasteiger partial charge is 0.350 e. The third-order valence-corrected chi connectivity index (χ3v) is 4.58. The molecular formula is C17H23N3O3S. The average molecular weight is 349 g/mol. The van der Waals surface area contributed by atoms with Crippen LogP contribution < -0.4 is 10.6 Å². The van der Waals surface area contributed by atoms with Gasteiger partial charge in [0.15, 0.2) is 0 Å². The lowest BCUT2D eigenvalue weighted by Crippen LogP contribution is -2.46. The zero-order chi connectivity index (χ0) is 18.1. The minimum Gasteiger partial charge on any atom is -0.350 e. The van der Waals surface area contributed by atoms with E-state index in [0.717, 1.165) is 4.90 Å². The van der Waals surface area contributed by atoms with Gasteiger partial charge in [-0.1, -0.05) is 0 Å². The van der Waals surface area contributed by atoms with Crippen LogP contribution in [0.5, 0.6) is 0 Å². The van der Waals surface area contributed by atoms with Crippen LogP contribution in [-0.2, 0) is 9.59 Å². The number of anilines is 1. The lowest BCUT2D eigenvalue weighted by molar-refractivity contribution is -0.123. The number of amides is 3. The summed E-state index contributed by atoms with van der Waals surface area (Å²) in [4.78, 5) is 38.5. The summed E-state index contributed by atoms with van der Waals surface area (Å²) in [6.07, 6.45) is 0. The van der Waals surface area contributed by atoms with Gasteiger partial charge in [0.05, 0.1) is 17.5 Å². The molecule has 2 N–H and O–H groups in total. The predicted molar refractivity (Wildman–Crippen MR) is 95.2 cm³/mol. The number of carbonyl (C=O) groups excluding carboxylic acids is 3. The first-order valence-corrected chi connectivity index (χ1v) is 8.63.